The third kappa shape index (κ3) is 2.57. The van der Waals surface area contributed by atoms with E-state index in [1.165, 1.54) is 6.39 Å². The second-order valence-electron chi connectivity index (χ2n) is 5.15. The van der Waals surface area contributed by atoms with Crippen LogP contribution in [0.1, 0.15) is 11.5 Å². The zero-order valence-electron chi connectivity index (χ0n) is 12.5. The highest BCUT2D eigenvalue weighted by molar-refractivity contribution is 5.72. The van der Waals surface area contributed by atoms with Gasteiger partial charge in [0.15, 0.2) is 23.6 Å². The molecule has 5 heteroatoms. The Kier molecular flexibility index (Phi) is 3.31. The van der Waals surface area contributed by atoms with Crippen molar-refractivity contribution in [2.24, 2.45) is 0 Å². The van der Waals surface area contributed by atoms with Gasteiger partial charge in [0.1, 0.15) is 11.3 Å². The molecule has 2 aromatic heterocycles. The van der Waals surface area contributed by atoms with Gasteiger partial charge < -0.3 is 13.6 Å². The van der Waals surface area contributed by atoms with E-state index < -0.39 is 0 Å². The van der Waals surface area contributed by atoms with E-state index in [0.29, 0.717) is 18.1 Å². The Labute approximate surface area is 132 Å². The zero-order valence-corrected chi connectivity index (χ0v) is 12.5. The Morgan fingerprint density at radius 3 is 2.83 bits per heavy atom. The second kappa shape index (κ2) is 5.61. The average Bonchev–Trinajstić information content (AvgIpc) is 3.23. The molecule has 23 heavy (non-hydrogen) atoms. The van der Waals surface area contributed by atoms with Gasteiger partial charge in [0, 0.05) is 6.42 Å². The zero-order chi connectivity index (χ0) is 15.6. The van der Waals surface area contributed by atoms with E-state index in [1.807, 2.05) is 42.5 Å². The van der Waals surface area contributed by atoms with Crippen LogP contribution in [0, 0.1) is 0 Å². The lowest BCUT2D eigenvalue weighted by molar-refractivity contribution is 0.414. The van der Waals surface area contributed by atoms with Crippen LogP contribution in [0.15, 0.2) is 63.9 Å². The molecule has 0 aliphatic carbocycles. The molecule has 0 bridgehead atoms. The van der Waals surface area contributed by atoms with Crippen LogP contribution >= 0.6 is 0 Å². The predicted octanol–water partition coefficient (Wildman–Crippen LogP) is 4.08. The number of nitrogens with zero attached hydrogens (tertiary/aromatic N) is 2. The second-order valence-corrected chi connectivity index (χ2v) is 5.15. The Balaban J connectivity index is 1.66. The lowest BCUT2D eigenvalue weighted by atomic mass is 10.1. The molecule has 0 radical (unpaired) electrons. The summed E-state index contributed by atoms with van der Waals surface area (Å²) >= 11 is 0. The molecule has 0 unspecified atom stereocenters. The first kappa shape index (κ1) is 13.6. The third-order valence-corrected chi connectivity index (χ3v) is 3.66. The molecular formula is C18H14N2O3. The molecule has 2 heterocycles. The van der Waals surface area contributed by atoms with Crippen LogP contribution in [0.2, 0.25) is 0 Å². The first-order chi connectivity index (χ1) is 11.3. The van der Waals surface area contributed by atoms with Crippen LogP contribution in [0.3, 0.4) is 0 Å². The van der Waals surface area contributed by atoms with Gasteiger partial charge in [-0.15, -0.1) is 0 Å². The van der Waals surface area contributed by atoms with Gasteiger partial charge in [0.2, 0.25) is 0 Å². The minimum absolute atomic E-state index is 0.599. The summed E-state index contributed by atoms with van der Waals surface area (Å²) in [7, 11) is 1.64. The molecule has 2 aromatic carbocycles. The summed E-state index contributed by atoms with van der Waals surface area (Å²) in [5.41, 5.74) is 3.59. The minimum atomic E-state index is 0.599. The molecular weight excluding hydrogens is 292 g/mol. The molecule has 0 aliphatic rings. The SMILES string of the molecule is COc1cc(Cc2nc3ccccc3o2)ccc1-c1cnco1. The van der Waals surface area contributed by atoms with Crippen LogP contribution in [0.4, 0.5) is 0 Å². The standard InChI is InChI=1S/C18H14N2O3/c1-21-16-8-12(6-7-13(16)17-10-19-11-22-17)9-18-20-14-4-2-3-5-15(14)23-18/h2-8,10-11H,9H2,1H3. The van der Waals surface area contributed by atoms with E-state index in [4.69, 9.17) is 13.6 Å². The topological polar surface area (TPSA) is 61.3 Å². The van der Waals surface area contributed by atoms with Crippen LogP contribution in [0.25, 0.3) is 22.4 Å². The van der Waals surface area contributed by atoms with Crippen LogP contribution < -0.4 is 4.74 Å². The first-order valence-corrected chi connectivity index (χ1v) is 7.24. The number of para-hydroxylation sites is 2. The highest BCUT2D eigenvalue weighted by Gasteiger charge is 2.12. The van der Waals surface area contributed by atoms with Gasteiger partial charge >= 0.3 is 0 Å². The van der Waals surface area contributed by atoms with Gasteiger partial charge in [0.05, 0.1) is 18.9 Å². The fourth-order valence-corrected chi connectivity index (χ4v) is 2.57. The van der Waals surface area contributed by atoms with Crippen molar-refractivity contribution in [1.29, 1.82) is 0 Å². The number of aromatic nitrogens is 2. The van der Waals surface area contributed by atoms with Crippen LogP contribution in [0.5, 0.6) is 5.75 Å². The molecule has 114 valence electrons. The summed E-state index contributed by atoms with van der Waals surface area (Å²) in [6.45, 7) is 0. The van der Waals surface area contributed by atoms with Gasteiger partial charge in [-0.3, -0.25) is 0 Å². The van der Waals surface area contributed by atoms with Crippen LogP contribution in [-0.4, -0.2) is 17.1 Å². The molecule has 0 aliphatic heterocycles. The Hall–Kier alpha value is -3.08. The number of hydrogen-bond donors (Lipinski definition) is 0. The summed E-state index contributed by atoms with van der Waals surface area (Å²) in [5, 5.41) is 0. The fraction of sp³-hybridized carbons (Fsp3) is 0.111. The van der Waals surface area contributed by atoms with E-state index in [9.17, 15) is 0 Å². The molecule has 0 amide bonds. The van der Waals surface area contributed by atoms with Crippen molar-refractivity contribution in [1.82, 2.24) is 9.97 Å². The van der Waals surface area contributed by atoms with Gasteiger partial charge in [-0.05, 0) is 29.8 Å². The molecule has 5 nitrogen and oxygen atoms in total. The predicted molar refractivity (Wildman–Crippen MR) is 85.3 cm³/mol. The number of ether oxygens (including phenoxy) is 1. The molecule has 0 spiro atoms. The Morgan fingerprint density at radius 2 is 2.04 bits per heavy atom. The lowest BCUT2D eigenvalue weighted by Crippen LogP contribution is -1.92. The molecule has 4 rings (SSSR count). The maximum atomic E-state index is 5.77. The third-order valence-electron chi connectivity index (χ3n) is 3.66. The summed E-state index contributed by atoms with van der Waals surface area (Å²) in [4.78, 5) is 8.44. The van der Waals surface area contributed by atoms with Crippen molar-refractivity contribution in [3.63, 3.8) is 0 Å². The lowest BCUT2D eigenvalue weighted by Gasteiger charge is -2.08. The molecule has 0 saturated heterocycles. The quantitative estimate of drug-likeness (QED) is 0.568. The maximum Gasteiger partial charge on any atom is 0.199 e. The van der Waals surface area contributed by atoms with Crippen LogP contribution in [-0.2, 0) is 6.42 Å². The number of hydrogen-bond acceptors (Lipinski definition) is 5. The molecule has 0 fully saturated rings. The van der Waals surface area contributed by atoms with Crippen molar-refractivity contribution in [2.45, 2.75) is 6.42 Å². The summed E-state index contributed by atoms with van der Waals surface area (Å²) in [6, 6.07) is 13.7. The summed E-state index contributed by atoms with van der Waals surface area (Å²) in [5.74, 6) is 2.09. The summed E-state index contributed by atoms with van der Waals surface area (Å²) in [6.07, 6.45) is 3.67. The van der Waals surface area contributed by atoms with Gasteiger partial charge in [0.25, 0.3) is 0 Å². The van der Waals surface area contributed by atoms with E-state index in [0.717, 1.165) is 28.0 Å². The van der Waals surface area contributed by atoms with E-state index in [-0.39, 0.29) is 0 Å². The van der Waals surface area contributed by atoms with Crippen molar-refractivity contribution < 1.29 is 13.6 Å². The first-order valence-electron chi connectivity index (χ1n) is 7.24. The van der Waals surface area contributed by atoms with Crippen molar-refractivity contribution in [2.75, 3.05) is 7.11 Å². The number of benzene rings is 2. The molecule has 0 N–H and O–H groups in total. The van der Waals surface area contributed by atoms with Gasteiger partial charge in [-0.1, -0.05) is 18.2 Å². The molecule has 0 saturated carbocycles. The van der Waals surface area contributed by atoms with E-state index in [1.54, 1.807) is 13.3 Å². The summed E-state index contributed by atoms with van der Waals surface area (Å²) < 4.78 is 16.6. The van der Waals surface area contributed by atoms with E-state index >= 15 is 0 Å². The largest absolute Gasteiger partial charge is 0.496 e. The highest BCUT2D eigenvalue weighted by Crippen LogP contribution is 2.31. The van der Waals surface area contributed by atoms with Crippen molar-refractivity contribution in [3.8, 4) is 17.1 Å². The molecule has 0 atom stereocenters. The number of oxazole rings is 2. The average molecular weight is 306 g/mol. The fourth-order valence-electron chi connectivity index (χ4n) is 2.57. The highest BCUT2D eigenvalue weighted by atomic mass is 16.5. The Morgan fingerprint density at radius 1 is 1.13 bits per heavy atom. The smallest absolute Gasteiger partial charge is 0.199 e. The maximum absolute atomic E-state index is 5.77. The minimum Gasteiger partial charge on any atom is -0.496 e. The number of methoxy groups -OCH3 is 1. The number of rotatable bonds is 4. The monoisotopic (exact) mass is 306 g/mol. The molecule has 4 aromatic rings. The number of fused-ring (bicyclic) bond motifs is 1. The van der Waals surface area contributed by atoms with Gasteiger partial charge in [-0.2, -0.15) is 0 Å². The van der Waals surface area contributed by atoms with Crippen molar-refractivity contribution >= 4 is 11.1 Å². The Bertz CT molecular complexity index is 909. The van der Waals surface area contributed by atoms with Gasteiger partial charge in [-0.25, -0.2) is 9.97 Å². The van der Waals surface area contributed by atoms with Crippen molar-refractivity contribution in [3.05, 3.63) is 66.5 Å². The normalized spacial score (nSPS) is 11.0. The van der Waals surface area contributed by atoms with E-state index in [2.05, 4.69) is 9.97 Å².